The van der Waals surface area contributed by atoms with Gasteiger partial charge in [0.15, 0.2) is 0 Å². The molecule has 1 aromatic heterocycles. The molecule has 1 aliphatic heterocycles. The second-order valence-corrected chi connectivity index (χ2v) is 7.63. The van der Waals surface area contributed by atoms with Crippen LogP contribution in [-0.4, -0.2) is 35.6 Å². The van der Waals surface area contributed by atoms with Crippen LogP contribution in [0.3, 0.4) is 0 Å². The molecule has 0 bridgehead atoms. The Kier molecular flexibility index (Phi) is 5.14. The Morgan fingerprint density at radius 2 is 1.70 bits per heavy atom. The van der Waals surface area contributed by atoms with Crippen LogP contribution in [0.2, 0.25) is 0 Å². The largest absolute Gasteiger partial charge is 0.525 e. The maximum Gasteiger partial charge on any atom is 0.525 e. The lowest BCUT2D eigenvalue weighted by Gasteiger charge is -2.32. The van der Waals surface area contributed by atoms with E-state index in [0.29, 0.717) is 17.3 Å². The Balaban J connectivity index is 1.73. The lowest BCUT2D eigenvalue weighted by atomic mass is 9.84. The number of nitrogens with zero attached hydrogens (tertiary/aromatic N) is 2. The highest BCUT2D eigenvalue weighted by atomic mass is 19.1. The molecule has 1 aromatic carbocycles. The van der Waals surface area contributed by atoms with E-state index in [1.165, 1.54) is 0 Å². The Bertz CT molecular complexity index is 830. The van der Waals surface area contributed by atoms with Crippen LogP contribution in [0.4, 0.5) is 4.39 Å². The van der Waals surface area contributed by atoms with E-state index < -0.39 is 24.0 Å². The first-order valence-corrected chi connectivity index (χ1v) is 8.81. The van der Waals surface area contributed by atoms with Crippen LogP contribution < -0.4 is 4.74 Å². The van der Waals surface area contributed by atoms with E-state index in [4.69, 9.17) is 18.6 Å². The zero-order valence-electron chi connectivity index (χ0n) is 16.5. The summed E-state index contributed by atoms with van der Waals surface area (Å²) >= 11 is 0. The van der Waals surface area contributed by atoms with Crippen molar-refractivity contribution in [3.05, 3.63) is 41.5 Å². The van der Waals surface area contributed by atoms with Gasteiger partial charge in [0.05, 0.1) is 18.3 Å². The summed E-state index contributed by atoms with van der Waals surface area (Å²) in [7, 11) is 0.574. The maximum absolute atomic E-state index is 14.8. The minimum Gasteiger partial charge on any atom is -0.497 e. The molecular weight excluding hydrogens is 350 g/mol. The van der Waals surface area contributed by atoms with Gasteiger partial charge in [-0.3, -0.25) is 0 Å². The number of allylic oxidation sites excluding steroid dienone is 1. The van der Waals surface area contributed by atoms with E-state index in [0.717, 1.165) is 11.3 Å². The van der Waals surface area contributed by atoms with Gasteiger partial charge in [-0.25, -0.2) is 4.39 Å². The number of benzene rings is 1. The summed E-state index contributed by atoms with van der Waals surface area (Å²) in [5, 5.41) is 3.96. The summed E-state index contributed by atoms with van der Waals surface area (Å²) in [5.41, 5.74) is -0.432. The van der Waals surface area contributed by atoms with Gasteiger partial charge < -0.3 is 18.6 Å². The van der Waals surface area contributed by atoms with Crippen molar-refractivity contribution >= 4 is 7.12 Å². The van der Waals surface area contributed by atoms with Crippen LogP contribution in [0.1, 0.15) is 40.5 Å². The van der Waals surface area contributed by atoms with Gasteiger partial charge in [0, 0.05) is 12.0 Å². The zero-order chi connectivity index (χ0) is 19.8. The molecule has 8 heteroatoms. The summed E-state index contributed by atoms with van der Waals surface area (Å²) in [6, 6.07) is 7.30. The van der Waals surface area contributed by atoms with Crippen molar-refractivity contribution in [1.29, 1.82) is 0 Å². The summed E-state index contributed by atoms with van der Waals surface area (Å²) in [5.74, 6) is 1.51. The van der Waals surface area contributed by atoms with Gasteiger partial charge in [0.25, 0.3) is 0 Å². The molecule has 1 fully saturated rings. The standard InChI is InChI=1S/C19H24BFN2O4/c1-12(16(21)20-26-18(2,3)19(4,5)27-20)11-15-22-17(23-25-15)13-7-9-14(24-6)10-8-13/h7-10H,11H2,1-6H3. The van der Waals surface area contributed by atoms with E-state index in [2.05, 4.69) is 10.1 Å². The fourth-order valence-electron chi connectivity index (χ4n) is 2.64. The molecule has 0 unspecified atom stereocenters. The number of ether oxygens (including phenoxy) is 1. The SMILES string of the molecule is COc1ccc(-c2noc(CC(C)=C(F)B3OC(C)(C)C(C)(C)O3)n2)cc1. The average molecular weight is 374 g/mol. The quantitative estimate of drug-likeness (QED) is 0.732. The molecule has 144 valence electrons. The van der Waals surface area contributed by atoms with Gasteiger partial charge in [0.2, 0.25) is 11.7 Å². The number of hydrogen-bond donors (Lipinski definition) is 0. The molecule has 27 heavy (non-hydrogen) atoms. The Hall–Kier alpha value is -2.19. The van der Waals surface area contributed by atoms with Gasteiger partial charge in [-0.05, 0) is 64.5 Å². The van der Waals surface area contributed by atoms with Crippen molar-refractivity contribution in [3.63, 3.8) is 0 Å². The molecule has 0 saturated carbocycles. The highest BCUT2D eigenvalue weighted by Gasteiger charge is 2.53. The Morgan fingerprint density at radius 1 is 1.11 bits per heavy atom. The molecule has 1 saturated heterocycles. The molecule has 2 heterocycles. The van der Waals surface area contributed by atoms with Gasteiger partial charge in [-0.1, -0.05) is 5.16 Å². The molecule has 0 spiro atoms. The molecule has 0 radical (unpaired) electrons. The number of aromatic nitrogens is 2. The van der Waals surface area contributed by atoms with Gasteiger partial charge in [-0.2, -0.15) is 4.98 Å². The molecule has 3 rings (SSSR count). The molecule has 0 aliphatic carbocycles. The third-order valence-corrected chi connectivity index (χ3v) is 5.10. The van der Waals surface area contributed by atoms with Crippen LogP contribution in [-0.2, 0) is 15.7 Å². The normalized spacial score (nSPS) is 19.1. The van der Waals surface area contributed by atoms with E-state index in [1.807, 2.05) is 52.0 Å². The fourth-order valence-corrected chi connectivity index (χ4v) is 2.64. The molecule has 0 amide bonds. The number of hydrogen-bond acceptors (Lipinski definition) is 6. The third kappa shape index (κ3) is 3.91. The van der Waals surface area contributed by atoms with E-state index in [-0.39, 0.29) is 6.42 Å². The number of methoxy groups -OCH3 is 1. The van der Waals surface area contributed by atoms with E-state index >= 15 is 0 Å². The lowest BCUT2D eigenvalue weighted by Crippen LogP contribution is -2.41. The average Bonchev–Trinajstić information content (AvgIpc) is 3.16. The second-order valence-electron chi connectivity index (χ2n) is 7.63. The van der Waals surface area contributed by atoms with Crippen LogP contribution in [0.15, 0.2) is 40.1 Å². The maximum atomic E-state index is 14.8. The van der Waals surface area contributed by atoms with Crippen LogP contribution in [0, 0.1) is 0 Å². The van der Waals surface area contributed by atoms with Crippen molar-refractivity contribution in [2.45, 2.75) is 52.2 Å². The summed E-state index contributed by atoms with van der Waals surface area (Å²) in [6.45, 7) is 9.20. The highest BCUT2D eigenvalue weighted by Crippen LogP contribution is 2.39. The molecule has 6 nitrogen and oxygen atoms in total. The molecule has 0 atom stereocenters. The first kappa shape index (κ1) is 19.6. The molecular formula is C19H24BFN2O4. The number of rotatable bonds is 5. The smallest absolute Gasteiger partial charge is 0.497 e. The summed E-state index contributed by atoms with van der Waals surface area (Å²) in [6.07, 6.45) is 0.180. The van der Waals surface area contributed by atoms with Crippen LogP contribution >= 0.6 is 0 Å². The van der Waals surface area contributed by atoms with Crippen molar-refractivity contribution in [1.82, 2.24) is 10.1 Å². The van der Waals surface area contributed by atoms with Gasteiger partial charge in [-0.15, -0.1) is 0 Å². The predicted octanol–water partition coefficient (Wildman–Crippen LogP) is 4.16. The molecule has 1 aliphatic rings. The van der Waals surface area contributed by atoms with E-state index in [1.54, 1.807) is 14.0 Å². The van der Waals surface area contributed by atoms with Gasteiger partial charge in [0.1, 0.15) is 11.5 Å². The fraction of sp³-hybridized carbons (Fsp3) is 0.474. The van der Waals surface area contributed by atoms with Crippen molar-refractivity contribution < 1.29 is 23.0 Å². The zero-order valence-corrected chi connectivity index (χ0v) is 16.5. The minimum absolute atomic E-state index is 0.180. The first-order valence-electron chi connectivity index (χ1n) is 8.81. The lowest BCUT2D eigenvalue weighted by molar-refractivity contribution is 0.00578. The molecule has 0 N–H and O–H groups in total. The summed E-state index contributed by atoms with van der Waals surface area (Å²) in [4.78, 5) is 4.34. The van der Waals surface area contributed by atoms with Crippen molar-refractivity contribution in [2.24, 2.45) is 0 Å². The Labute approximate surface area is 158 Å². The summed E-state index contributed by atoms with van der Waals surface area (Å²) < 4.78 is 36.7. The Morgan fingerprint density at radius 3 is 2.26 bits per heavy atom. The topological polar surface area (TPSA) is 66.6 Å². The minimum atomic E-state index is -1.03. The van der Waals surface area contributed by atoms with Crippen molar-refractivity contribution in [3.8, 4) is 17.1 Å². The molecule has 2 aromatic rings. The van der Waals surface area contributed by atoms with Crippen LogP contribution in [0.25, 0.3) is 11.4 Å². The predicted molar refractivity (Wildman–Crippen MR) is 99.9 cm³/mol. The van der Waals surface area contributed by atoms with Gasteiger partial charge >= 0.3 is 7.12 Å². The number of halogens is 1. The van der Waals surface area contributed by atoms with Crippen LogP contribution in [0.5, 0.6) is 5.75 Å². The first-order chi connectivity index (χ1) is 12.6. The van der Waals surface area contributed by atoms with Crippen molar-refractivity contribution in [2.75, 3.05) is 7.11 Å². The third-order valence-electron chi connectivity index (χ3n) is 5.10. The highest BCUT2D eigenvalue weighted by molar-refractivity contribution is 6.53. The van der Waals surface area contributed by atoms with E-state index in [9.17, 15) is 4.39 Å². The monoisotopic (exact) mass is 374 g/mol. The second kappa shape index (κ2) is 7.09.